The quantitative estimate of drug-likeness (QED) is 0.727. The Hall–Kier alpha value is -0.940. The first kappa shape index (κ1) is 15.1. The topological polar surface area (TPSA) is 68.2 Å². The molecule has 104 valence electrons. The lowest BCUT2D eigenvalue weighted by Gasteiger charge is -2.16. The van der Waals surface area contributed by atoms with Crippen molar-refractivity contribution in [1.82, 2.24) is 15.0 Å². The third-order valence-electron chi connectivity index (χ3n) is 3.30. The Kier molecular flexibility index (Phi) is 6.90. The molecule has 2 N–H and O–H groups in total. The van der Waals surface area contributed by atoms with Crippen molar-refractivity contribution in [3.63, 3.8) is 0 Å². The predicted octanol–water partition coefficient (Wildman–Crippen LogP) is 1.80. The van der Waals surface area contributed by atoms with Gasteiger partial charge in [-0.05, 0) is 19.5 Å². The van der Waals surface area contributed by atoms with Crippen LogP contribution in [0.1, 0.15) is 51.2 Å². The standard InChI is InChI=1S/C13H26N4O/c1-4-7-11(10-14)13-15-12(16-18-13)8-9-17(5-2)6-3/h11H,4-10,14H2,1-3H3. The van der Waals surface area contributed by atoms with E-state index < -0.39 is 0 Å². The third-order valence-corrected chi connectivity index (χ3v) is 3.30. The van der Waals surface area contributed by atoms with E-state index >= 15 is 0 Å². The van der Waals surface area contributed by atoms with Crippen LogP contribution in [0.4, 0.5) is 0 Å². The van der Waals surface area contributed by atoms with Crippen molar-refractivity contribution >= 4 is 0 Å². The van der Waals surface area contributed by atoms with Crippen LogP contribution in [-0.4, -0.2) is 41.2 Å². The van der Waals surface area contributed by atoms with Crippen LogP contribution in [-0.2, 0) is 6.42 Å². The minimum Gasteiger partial charge on any atom is -0.339 e. The second-order valence-electron chi connectivity index (χ2n) is 4.55. The second kappa shape index (κ2) is 8.21. The highest BCUT2D eigenvalue weighted by Crippen LogP contribution is 2.18. The van der Waals surface area contributed by atoms with Crippen molar-refractivity contribution in [2.75, 3.05) is 26.2 Å². The average molecular weight is 254 g/mol. The van der Waals surface area contributed by atoms with Crippen molar-refractivity contribution in [3.05, 3.63) is 11.7 Å². The number of hydrogen-bond acceptors (Lipinski definition) is 5. The molecular formula is C13H26N4O. The highest BCUT2D eigenvalue weighted by molar-refractivity contribution is 4.95. The van der Waals surface area contributed by atoms with Crippen molar-refractivity contribution in [2.45, 2.75) is 46.0 Å². The maximum atomic E-state index is 5.73. The highest BCUT2D eigenvalue weighted by atomic mass is 16.5. The first-order valence-corrected chi connectivity index (χ1v) is 6.99. The van der Waals surface area contributed by atoms with Gasteiger partial charge in [0, 0.05) is 19.5 Å². The van der Waals surface area contributed by atoms with Gasteiger partial charge in [-0.25, -0.2) is 0 Å². The maximum Gasteiger partial charge on any atom is 0.231 e. The van der Waals surface area contributed by atoms with Crippen LogP contribution < -0.4 is 5.73 Å². The molecule has 0 saturated carbocycles. The summed E-state index contributed by atoms with van der Waals surface area (Å²) in [5, 5.41) is 4.04. The number of likely N-dealkylation sites (N-methyl/N-ethyl adjacent to an activating group) is 1. The molecule has 0 amide bonds. The lowest BCUT2D eigenvalue weighted by atomic mass is 10.0. The third kappa shape index (κ3) is 4.38. The van der Waals surface area contributed by atoms with E-state index in [0.717, 1.165) is 44.7 Å². The van der Waals surface area contributed by atoms with Crippen molar-refractivity contribution in [3.8, 4) is 0 Å². The van der Waals surface area contributed by atoms with Gasteiger partial charge in [-0.1, -0.05) is 32.3 Å². The van der Waals surface area contributed by atoms with E-state index in [1.54, 1.807) is 0 Å². The van der Waals surface area contributed by atoms with Gasteiger partial charge in [0.05, 0.1) is 5.92 Å². The highest BCUT2D eigenvalue weighted by Gasteiger charge is 2.16. The molecule has 0 bridgehead atoms. The fourth-order valence-electron chi connectivity index (χ4n) is 2.02. The molecule has 1 heterocycles. The Balaban J connectivity index is 2.51. The first-order valence-electron chi connectivity index (χ1n) is 6.99. The summed E-state index contributed by atoms with van der Waals surface area (Å²) in [5.41, 5.74) is 5.73. The van der Waals surface area contributed by atoms with Crippen LogP contribution in [0.5, 0.6) is 0 Å². The molecule has 0 aliphatic heterocycles. The summed E-state index contributed by atoms with van der Waals surface area (Å²) in [7, 11) is 0. The van der Waals surface area contributed by atoms with Crippen LogP contribution >= 0.6 is 0 Å². The molecule has 1 aromatic rings. The predicted molar refractivity (Wildman–Crippen MR) is 72.5 cm³/mol. The molecular weight excluding hydrogens is 228 g/mol. The van der Waals surface area contributed by atoms with Crippen molar-refractivity contribution < 1.29 is 4.52 Å². The molecule has 1 atom stereocenters. The van der Waals surface area contributed by atoms with Gasteiger partial charge in [0.25, 0.3) is 0 Å². The molecule has 0 saturated heterocycles. The number of aromatic nitrogens is 2. The molecule has 5 nitrogen and oxygen atoms in total. The summed E-state index contributed by atoms with van der Waals surface area (Å²) in [5.74, 6) is 1.71. The fourth-order valence-corrected chi connectivity index (χ4v) is 2.02. The van der Waals surface area contributed by atoms with Crippen LogP contribution in [0.2, 0.25) is 0 Å². The van der Waals surface area contributed by atoms with Gasteiger partial charge in [0.15, 0.2) is 5.82 Å². The van der Waals surface area contributed by atoms with Gasteiger partial charge >= 0.3 is 0 Å². The molecule has 0 spiro atoms. The second-order valence-corrected chi connectivity index (χ2v) is 4.55. The van der Waals surface area contributed by atoms with Gasteiger partial charge in [-0.15, -0.1) is 0 Å². The largest absolute Gasteiger partial charge is 0.339 e. The van der Waals surface area contributed by atoms with E-state index in [2.05, 4.69) is 35.8 Å². The normalized spacial score (nSPS) is 13.2. The molecule has 1 unspecified atom stereocenters. The average Bonchev–Trinajstić information content (AvgIpc) is 2.86. The Labute approximate surface area is 110 Å². The number of nitrogens with two attached hydrogens (primary N) is 1. The first-order chi connectivity index (χ1) is 8.74. The van der Waals surface area contributed by atoms with Crippen molar-refractivity contribution in [1.29, 1.82) is 0 Å². The molecule has 1 rings (SSSR count). The Morgan fingerprint density at radius 1 is 1.28 bits per heavy atom. The Morgan fingerprint density at radius 3 is 2.56 bits per heavy atom. The maximum absolute atomic E-state index is 5.73. The lowest BCUT2D eigenvalue weighted by molar-refractivity contribution is 0.301. The summed E-state index contributed by atoms with van der Waals surface area (Å²) in [4.78, 5) is 6.81. The van der Waals surface area contributed by atoms with E-state index in [1.807, 2.05) is 0 Å². The molecule has 0 fully saturated rings. The Morgan fingerprint density at radius 2 is 2.00 bits per heavy atom. The number of nitrogens with zero attached hydrogens (tertiary/aromatic N) is 3. The zero-order chi connectivity index (χ0) is 13.4. The molecule has 0 aromatic carbocycles. The van der Waals surface area contributed by atoms with Gasteiger partial charge in [-0.3, -0.25) is 0 Å². The molecule has 1 aromatic heterocycles. The van der Waals surface area contributed by atoms with Crippen LogP contribution in [0, 0.1) is 0 Å². The summed E-state index contributed by atoms with van der Waals surface area (Å²) >= 11 is 0. The van der Waals surface area contributed by atoms with E-state index in [4.69, 9.17) is 10.3 Å². The molecule has 0 aliphatic carbocycles. The van der Waals surface area contributed by atoms with Crippen LogP contribution in [0.3, 0.4) is 0 Å². The zero-order valence-corrected chi connectivity index (χ0v) is 11.9. The Bertz CT molecular complexity index is 323. The van der Waals surface area contributed by atoms with Gasteiger partial charge in [-0.2, -0.15) is 4.98 Å². The smallest absolute Gasteiger partial charge is 0.231 e. The zero-order valence-electron chi connectivity index (χ0n) is 11.9. The SMILES string of the molecule is CCCC(CN)c1nc(CCN(CC)CC)no1. The molecule has 0 radical (unpaired) electrons. The minimum absolute atomic E-state index is 0.213. The monoisotopic (exact) mass is 254 g/mol. The van der Waals surface area contributed by atoms with Gasteiger partial charge < -0.3 is 15.2 Å². The van der Waals surface area contributed by atoms with Gasteiger partial charge in [0.1, 0.15) is 0 Å². The lowest BCUT2D eigenvalue weighted by Crippen LogP contribution is -2.25. The fraction of sp³-hybridized carbons (Fsp3) is 0.846. The van der Waals surface area contributed by atoms with E-state index in [1.165, 1.54) is 0 Å². The van der Waals surface area contributed by atoms with Crippen LogP contribution in [0.15, 0.2) is 4.52 Å². The number of rotatable bonds is 9. The number of hydrogen-bond donors (Lipinski definition) is 1. The molecule has 0 aliphatic rings. The van der Waals surface area contributed by atoms with Crippen LogP contribution in [0.25, 0.3) is 0 Å². The van der Waals surface area contributed by atoms with Gasteiger partial charge in [0.2, 0.25) is 5.89 Å². The van der Waals surface area contributed by atoms with E-state index in [0.29, 0.717) is 12.4 Å². The summed E-state index contributed by atoms with van der Waals surface area (Å²) in [6.45, 7) is 10.1. The van der Waals surface area contributed by atoms with E-state index in [9.17, 15) is 0 Å². The van der Waals surface area contributed by atoms with E-state index in [-0.39, 0.29) is 5.92 Å². The molecule has 5 heteroatoms. The van der Waals surface area contributed by atoms with Crippen molar-refractivity contribution in [2.24, 2.45) is 5.73 Å². The summed E-state index contributed by atoms with van der Waals surface area (Å²) < 4.78 is 5.31. The minimum atomic E-state index is 0.213. The summed E-state index contributed by atoms with van der Waals surface area (Å²) in [6.07, 6.45) is 2.93. The summed E-state index contributed by atoms with van der Waals surface area (Å²) in [6, 6.07) is 0. The molecule has 18 heavy (non-hydrogen) atoms.